The number of aryl methyl sites for hydroxylation is 1. The fourth-order valence-corrected chi connectivity index (χ4v) is 1.98. The maximum atomic E-state index is 11.8. The van der Waals surface area contributed by atoms with Crippen molar-refractivity contribution in [3.63, 3.8) is 0 Å². The highest BCUT2D eigenvalue weighted by atomic mass is 16.5. The summed E-state index contributed by atoms with van der Waals surface area (Å²) in [5.41, 5.74) is 3.00. The first-order valence-electron chi connectivity index (χ1n) is 7.00. The average Bonchev–Trinajstić information content (AvgIpc) is 2.48. The first kappa shape index (κ1) is 14.9. The highest BCUT2D eigenvalue weighted by Crippen LogP contribution is 2.15. The van der Waals surface area contributed by atoms with Crippen LogP contribution in [0.1, 0.15) is 18.1 Å². The third-order valence-corrected chi connectivity index (χ3v) is 2.96. The van der Waals surface area contributed by atoms with Gasteiger partial charge < -0.3 is 15.4 Å². The second kappa shape index (κ2) is 7.33. The Balaban J connectivity index is 1.84. The van der Waals surface area contributed by atoms with Gasteiger partial charge in [-0.05, 0) is 43.7 Å². The molecule has 0 spiro atoms. The summed E-state index contributed by atoms with van der Waals surface area (Å²) >= 11 is 0. The summed E-state index contributed by atoms with van der Waals surface area (Å²) in [4.78, 5) is 11.8. The molecule has 0 bridgehead atoms. The quantitative estimate of drug-likeness (QED) is 0.879. The van der Waals surface area contributed by atoms with Gasteiger partial charge in [-0.15, -0.1) is 0 Å². The number of amides is 2. The van der Waals surface area contributed by atoms with Crippen LogP contribution in [0.3, 0.4) is 0 Å². The SMILES string of the molecule is CCOc1ccc(NC(=O)NCc2cccc(C)c2)cc1. The van der Waals surface area contributed by atoms with Gasteiger partial charge in [0, 0.05) is 12.2 Å². The Morgan fingerprint density at radius 3 is 2.57 bits per heavy atom. The van der Waals surface area contributed by atoms with E-state index in [1.807, 2.05) is 56.3 Å². The molecule has 0 aromatic heterocycles. The molecule has 2 rings (SSSR count). The molecule has 0 aliphatic heterocycles. The second-order valence-electron chi connectivity index (χ2n) is 4.75. The second-order valence-corrected chi connectivity index (χ2v) is 4.75. The Morgan fingerprint density at radius 1 is 1.14 bits per heavy atom. The van der Waals surface area contributed by atoms with E-state index in [0.717, 1.165) is 17.0 Å². The molecule has 0 aliphatic rings. The molecule has 2 aromatic rings. The lowest BCUT2D eigenvalue weighted by molar-refractivity contribution is 0.251. The van der Waals surface area contributed by atoms with Gasteiger partial charge in [-0.1, -0.05) is 29.8 Å². The summed E-state index contributed by atoms with van der Waals surface area (Å²) < 4.78 is 5.35. The van der Waals surface area contributed by atoms with Crippen molar-refractivity contribution in [2.24, 2.45) is 0 Å². The minimum absolute atomic E-state index is 0.222. The summed E-state index contributed by atoms with van der Waals surface area (Å²) in [5.74, 6) is 0.795. The predicted octanol–water partition coefficient (Wildman–Crippen LogP) is 3.72. The van der Waals surface area contributed by atoms with Gasteiger partial charge in [-0.2, -0.15) is 0 Å². The summed E-state index contributed by atoms with van der Waals surface area (Å²) in [6.07, 6.45) is 0. The topological polar surface area (TPSA) is 50.4 Å². The molecule has 4 heteroatoms. The van der Waals surface area contributed by atoms with Crippen LogP contribution in [0.15, 0.2) is 48.5 Å². The lowest BCUT2D eigenvalue weighted by Crippen LogP contribution is -2.28. The fourth-order valence-electron chi connectivity index (χ4n) is 1.98. The van der Waals surface area contributed by atoms with Crippen LogP contribution in [-0.4, -0.2) is 12.6 Å². The number of benzene rings is 2. The number of carbonyl (C=O) groups excluding carboxylic acids is 1. The van der Waals surface area contributed by atoms with E-state index in [2.05, 4.69) is 16.7 Å². The third kappa shape index (κ3) is 4.84. The van der Waals surface area contributed by atoms with Crippen LogP contribution in [0.25, 0.3) is 0 Å². The molecule has 0 atom stereocenters. The zero-order valence-corrected chi connectivity index (χ0v) is 12.3. The molecule has 0 radical (unpaired) electrons. The molecule has 0 aliphatic carbocycles. The zero-order chi connectivity index (χ0) is 15.1. The molecule has 110 valence electrons. The Morgan fingerprint density at radius 2 is 1.90 bits per heavy atom. The summed E-state index contributed by atoms with van der Waals surface area (Å²) in [6, 6.07) is 15.1. The third-order valence-electron chi connectivity index (χ3n) is 2.96. The van der Waals surface area contributed by atoms with Crippen molar-refractivity contribution < 1.29 is 9.53 Å². The molecule has 0 heterocycles. The fraction of sp³-hybridized carbons (Fsp3) is 0.235. The molecular weight excluding hydrogens is 264 g/mol. The molecule has 0 fully saturated rings. The molecule has 21 heavy (non-hydrogen) atoms. The van der Waals surface area contributed by atoms with Crippen LogP contribution in [0.2, 0.25) is 0 Å². The first-order valence-corrected chi connectivity index (χ1v) is 7.00. The zero-order valence-electron chi connectivity index (χ0n) is 12.3. The number of ether oxygens (including phenoxy) is 1. The Kier molecular flexibility index (Phi) is 5.21. The lowest BCUT2D eigenvalue weighted by Gasteiger charge is -2.09. The van der Waals surface area contributed by atoms with E-state index in [9.17, 15) is 4.79 Å². The van der Waals surface area contributed by atoms with Gasteiger partial charge in [0.1, 0.15) is 5.75 Å². The van der Waals surface area contributed by atoms with E-state index in [0.29, 0.717) is 13.2 Å². The minimum atomic E-state index is -0.222. The smallest absolute Gasteiger partial charge is 0.319 e. The van der Waals surface area contributed by atoms with Crippen molar-refractivity contribution in [3.05, 3.63) is 59.7 Å². The van der Waals surface area contributed by atoms with E-state index in [-0.39, 0.29) is 6.03 Å². The van der Waals surface area contributed by atoms with E-state index < -0.39 is 0 Å². The van der Waals surface area contributed by atoms with Gasteiger partial charge in [0.15, 0.2) is 0 Å². The van der Waals surface area contributed by atoms with Gasteiger partial charge in [0.05, 0.1) is 6.61 Å². The van der Waals surface area contributed by atoms with Crippen LogP contribution >= 0.6 is 0 Å². The van der Waals surface area contributed by atoms with E-state index >= 15 is 0 Å². The normalized spacial score (nSPS) is 10.0. The Labute approximate surface area is 125 Å². The molecule has 4 nitrogen and oxygen atoms in total. The first-order chi connectivity index (χ1) is 10.2. The number of hydrogen-bond acceptors (Lipinski definition) is 2. The van der Waals surface area contributed by atoms with Crippen molar-refractivity contribution in [2.45, 2.75) is 20.4 Å². The summed E-state index contributed by atoms with van der Waals surface area (Å²) in [5, 5.41) is 5.62. The highest BCUT2D eigenvalue weighted by Gasteiger charge is 2.02. The van der Waals surface area contributed by atoms with Gasteiger partial charge in [-0.3, -0.25) is 0 Å². The Bertz CT molecular complexity index is 594. The molecule has 2 amide bonds. The number of hydrogen-bond donors (Lipinski definition) is 2. The van der Waals surface area contributed by atoms with Gasteiger partial charge >= 0.3 is 6.03 Å². The van der Waals surface area contributed by atoms with E-state index in [1.54, 1.807) is 0 Å². The number of carbonyl (C=O) groups is 1. The van der Waals surface area contributed by atoms with Crippen LogP contribution in [0.4, 0.5) is 10.5 Å². The number of anilines is 1. The van der Waals surface area contributed by atoms with E-state index in [1.165, 1.54) is 5.56 Å². The number of rotatable bonds is 5. The highest BCUT2D eigenvalue weighted by molar-refractivity contribution is 5.89. The Hall–Kier alpha value is -2.49. The van der Waals surface area contributed by atoms with Crippen molar-refractivity contribution in [2.75, 3.05) is 11.9 Å². The lowest BCUT2D eigenvalue weighted by atomic mass is 10.1. The maximum Gasteiger partial charge on any atom is 0.319 e. The van der Waals surface area contributed by atoms with Crippen molar-refractivity contribution in [1.82, 2.24) is 5.32 Å². The summed E-state index contributed by atoms with van der Waals surface area (Å²) in [6.45, 7) is 5.10. The van der Waals surface area contributed by atoms with Crippen LogP contribution in [0, 0.1) is 6.92 Å². The van der Waals surface area contributed by atoms with Gasteiger partial charge in [0.2, 0.25) is 0 Å². The van der Waals surface area contributed by atoms with Crippen LogP contribution in [-0.2, 0) is 6.54 Å². The van der Waals surface area contributed by atoms with Crippen LogP contribution < -0.4 is 15.4 Å². The largest absolute Gasteiger partial charge is 0.494 e. The van der Waals surface area contributed by atoms with Crippen molar-refractivity contribution >= 4 is 11.7 Å². The minimum Gasteiger partial charge on any atom is -0.494 e. The molecule has 0 saturated carbocycles. The maximum absolute atomic E-state index is 11.8. The molecular formula is C17H20N2O2. The van der Waals surface area contributed by atoms with Gasteiger partial charge in [-0.25, -0.2) is 4.79 Å². The van der Waals surface area contributed by atoms with E-state index in [4.69, 9.17) is 4.74 Å². The van der Waals surface area contributed by atoms with Gasteiger partial charge in [0.25, 0.3) is 0 Å². The summed E-state index contributed by atoms with van der Waals surface area (Å²) in [7, 11) is 0. The van der Waals surface area contributed by atoms with Crippen molar-refractivity contribution in [3.8, 4) is 5.75 Å². The number of urea groups is 1. The average molecular weight is 284 g/mol. The predicted molar refractivity (Wildman–Crippen MR) is 84.6 cm³/mol. The molecule has 0 unspecified atom stereocenters. The molecule has 2 N–H and O–H groups in total. The van der Waals surface area contributed by atoms with Crippen molar-refractivity contribution in [1.29, 1.82) is 0 Å². The molecule has 0 saturated heterocycles. The standard InChI is InChI=1S/C17H20N2O2/c1-3-21-16-9-7-15(8-10-16)19-17(20)18-12-14-6-4-5-13(2)11-14/h4-11H,3,12H2,1-2H3,(H2,18,19,20). The van der Waals surface area contributed by atoms with Crippen LogP contribution in [0.5, 0.6) is 5.75 Å². The number of nitrogens with one attached hydrogen (secondary N) is 2. The monoisotopic (exact) mass is 284 g/mol. The molecule has 2 aromatic carbocycles.